The molecule has 68 valence electrons. The Hall–Kier alpha value is -0.670. The van der Waals surface area contributed by atoms with Crippen LogP contribution in [-0.2, 0) is 4.79 Å². The van der Waals surface area contributed by atoms with Gasteiger partial charge in [-0.15, -0.1) is 0 Å². The molecule has 0 aromatic rings. The minimum Gasteiger partial charge on any atom is -0.390 e. The van der Waals surface area contributed by atoms with Gasteiger partial charge < -0.3 is 10.2 Å². The van der Waals surface area contributed by atoms with Gasteiger partial charge in [0, 0.05) is 6.42 Å². The van der Waals surface area contributed by atoms with Crippen LogP contribution in [0.2, 0.25) is 0 Å². The molecule has 1 rings (SSSR count). The van der Waals surface area contributed by atoms with Gasteiger partial charge in [0.05, 0.1) is 11.7 Å². The standard InChI is InChI=1S/C9H14O3/c1-6(10)7-3-4-9(2,12)8(11)5-7/h3,8,11-12H,4-5H2,1-2H3/t8-,9-/m1/s1. The van der Waals surface area contributed by atoms with Crippen molar-refractivity contribution in [2.24, 2.45) is 0 Å². The van der Waals surface area contributed by atoms with E-state index in [0.29, 0.717) is 12.0 Å². The van der Waals surface area contributed by atoms with Crippen LogP contribution in [0.4, 0.5) is 0 Å². The Balaban J connectivity index is 2.78. The Morgan fingerprint density at radius 1 is 1.75 bits per heavy atom. The SMILES string of the molecule is CC(=O)C1=CC[C@@](C)(O)[C@H](O)C1. The molecule has 12 heavy (non-hydrogen) atoms. The van der Waals surface area contributed by atoms with Crippen LogP contribution in [0.3, 0.4) is 0 Å². The zero-order valence-electron chi connectivity index (χ0n) is 7.37. The van der Waals surface area contributed by atoms with E-state index in [4.69, 9.17) is 0 Å². The first-order valence-electron chi connectivity index (χ1n) is 4.04. The second-order valence-corrected chi connectivity index (χ2v) is 3.57. The first kappa shape index (κ1) is 9.42. The lowest BCUT2D eigenvalue weighted by Crippen LogP contribution is -2.41. The van der Waals surface area contributed by atoms with Gasteiger partial charge in [-0.1, -0.05) is 6.08 Å². The van der Waals surface area contributed by atoms with Gasteiger partial charge >= 0.3 is 0 Å². The zero-order valence-corrected chi connectivity index (χ0v) is 7.37. The summed E-state index contributed by atoms with van der Waals surface area (Å²) < 4.78 is 0. The predicted molar refractivity (Wildman–Crippen MR) is 44.6 cm³/mol. The lowest BCUT2D eigenvalue weighted by atomic mass is 9.83. The topological polar surface area (TPSA) is 57.5 Å². The monoisotopic (exact) mass is 170 g/mol. The van der Waals surface area contributed by atoms with Crippen molar-refractivity contribution in [2.45, 2.75) is 38.4 Å². The molecule has 0 unspecified atom stereocenters. The number of ketones is 1. The average Bonchev–Trinajstić information content (AvgIpc) is 1.94. The molecule has 3 heteroatoms. The summed E-state index contributed by atoms with van der Waals surface area (Å²) in [5, 5.41) is 18.9. The lowest BCUT2D eigenvalue weighted by Gasteiger charge is -2.32. The fraction of sp³-hybridized carbons (Fsp3) is 0.667. The minimum atomic E-state index is -1.07. The van der Waals surface area contributed by atoms with Crippen molar-refractivity contribution in [2.75, 3.05) is 0 Å². The second-order valence-electron chi connectivity index (χ2n) is 3.57. The number of carbonyl (C=O) groups excluding carboxylic acids is 1. The fourth-order valence-electron chi connectivity index (χ4n) is 1.26. The number of rotatable bonds is 1. The van der Waals surface area contributed by atoms with Crippen LogP contribution < -0.4 is 0 Å². The summed E-state index contributed by atoms with van der Waals surface area (Å²) in [6.45, 7) is 3.05. The maximum absolute atomic E-state index is 10.9. The summed E-state index contributed by atoms with van der Waals surface area (Å²) in [6.07, 6.45) is 1.50. The van der Waals surface area contributed by atoms with E-state index in [9.17, 15) is 15.0 Å². The van der Waals surface area contributed by atoms with Crippen LogP contribution in [0.25, 0.3) is 0 Å². The molecule has 2 N–H and O–H groups in total. The Morgan fingerprint density at radius 2 is 2.33 bits per heavy atom. The van der Waals surface area contributed by atoms with Gasteiger partial charge in [-0.05, 0) is 25.8 Å². The van der Waals surface area contributed by atoms with Gasteiger partial charge in [-0.3, -0.25) is 4.79 Å². The largest absolute Gasteiger partial charge is 0.390 e. The Bertz CT molecular complexity index is 228. The van der Waals surface area contributed by atoms with Crippen LogP contribution in [-0.4, -0.2) is 27.7 Å². The van der Waals surface area contributed by atoms with E-state index < -0.39 is 11.7 Å². The molecule has 0 fully saturated rings. The van der Waals surface area contributed by atoms with Crippen molar-refractivity contribution in [3.8, 4) is 0 Å². The van der Waals surface area contributed by atoms with E-state index in [2.05, 4.69) is 0 Å². The van der Waals surface area contributed by atoms with Crippen LogP contribution >= 0.6 is 0 Å². The molecule has 1 aliphatic rings. The first-order chi connectivity index (χ1) is 5.43. The molecule has 0 aromatic carbocycles. The first-order valence-corrected chi connectivity index (χ1v) is 4.04. The maximum Gasteiger partial charge on any atom is 0.155 e. The Morgan fingerprint density at radius 3 is 2.75 bits per heavy atom. The third-order valence-corrected chi connectivity index (χ3v) is 2.35. The summed E-state index contributed by atoms with van der Waals surface area (Å²) >= 11 is 0. The number of carbonyl (C=O) groups is 1. The number of aliphatic hydroxyl groups is 2. The normalized spacial score (nSPS) is 36.0. The molecule has 1 aliphatic carbocycles. The molecule has 0 heterocycles. The van der Waals surface area contributed by atoms with Gasteiger partial charge in [0.1, 0.15) is 0 Å². The van der Waals surface area contributed by atoms with Crippen molar-refractivity contribution in [3.05, 3.63) is 11.6 Å². The molecule has 0 saturated heterocycles. The van der Waals surface area contributed by atoms with Crippen LogP contribution in [0.15, 0.2) is 11.6 Å². The molecule has 2 atom stereocenters. The molecule has 0 aliphatic heterocycles. The molecule has 0 aromatic heterocycles. The zero-order chi connectivity index (χ0) is 9.35. The van der Waals surface area contributed by atoms with Gasteiger partial charge in [0.25, 0.3) is 0 Å². The van der Waals surface area contributed by atoms with Crippen molar-refractivity contribution in [1.29, 1.82) is 0 Å². The summed E-state index contributed by atoms with van der Waals surface area (Å²) in [5.41, 5.74) is -0.451. The molecule has 0 bridgehead atoms. The quantitative estimate of drug-likeness (QED) is 0.599. The van der Waals surface area contributed by atoms with Crippen LogP contribution in [0.5, 0.6) is 0 Å². The van der Waals surface area contributed by atoms with Gasteiger partial charge in [-0.2, -0.15) is 0 Å². The van der Waals surface area contributed by atoms with E-state index in [0.717, 1.165) is 0 Å². The lowest BCUT2D eigenvalue weighted by molar-refractivity contribution is -0.115. The van der Waals surface area contributed by atoms with Gasteiger partial charge in [-0.25, -0.2) is 0 Å². The van der Waals surface area contributed by atoms with Crippen molar-refractivity contribution >= 4 is 5.78 Å². The number of hydrogen-bond acceptors (Lipinski definition) is 3. The van der Waals surface area contributed by atoms with Crippen LogP contribution in [0.1, 0.15) is 26.7 Å². The highest BCUT2D eigenvalue weighted by Crippen LogP contribution is 2.27. The third-order valence-electron chi connectivity index (χ3n) is 2.35. The van der Waals surface area contributed by atoms with Crippen LogP contribution in [0, 0.1) is 0 Å². The Labute approximate surface area is 71.7 Å². The minimum absolute atomic E-state index is 0.0236. The van der Waals surface area contributed by atoms with Crippen molar-refractivity contribution in [3.63, 3.8) is 0 Å². The van der Waals surface area contributed by atoms with E-state index in [-0.39, 0.29) is 12.2 Å². The van der Waals surface area contributed by atoms with Crippen molar-refractivity contribution in [1.82, 2.24) is 0 Å². The smallest absolute Gasteiger partial charge is 0.155 e. The highest BCUT2D eigenvalue weighted by molar-refractivity contribution is 5.93. The number of hydrogen-bond donors (Lipinski definition) is 2. The summed E-state index contributed by atoms with van der Waals surface area (Å²) in [5.74, 6) is -0.0236. The molecular formula is C9H14O3. The highest BCUT2D eigenvalue weighted by Gasteiger charge is 2.33. The number of aliphatic hydroxyl groups excluding tert-OH is 1. The van der Waals surface area contributed by atoms with Crippen molar-refractivity contribution < 1.29 is 15.0 Å². The predicted octanol–water partition coefficient (Wildman–Crippen LogP) is 0.407. The molecule has 0 radical (unpaired) electrons. The Kier molecular flexibility index (Phi) is 2.35. The molecule has 3 nitrogen and oxygen atoms in total. The molecule has 0 saturated carbocycles. The molecular weight excluding hydrogens is 156 g/mol. The maximum atomic E-state index is 10.9. The van der Waals surface area contributed by atoms with E-state index in [1.54, 1.807) is 13.0 Å². The average molecular weight is 170 g/mol. The second kappa shape index (κ2) is 2.99. The number of Topliss-reactive ketones (excluding diaryl/α,β-unsaturated/α-hetero) is 1. The summed E-state index contributed by atoms with van der Waals surface area (Å²) in [7, 11) is 0. The fourth-order valence-corrected chi connectivity index (χ4v) is 1.26. The highest BCUT2D eigenvalue weighted by atomic mass is 16.3. The summed E-state index contributed by atoms with van der Waals surface area (Å²) in [4.78, 5) is 10.9. The van der Waals surface area contributed by atoms with E-state index >= 15 is 0 Å². The van der Waals surface area contributed by atoms with Gasteiger partial charge in [0.2, 0.25) is 0 Å². The third kappa shape index (κ3) is 1.73. The molecule has 0 amide bonds. The van der Waals surface area contributed by atoms with Gasteiger partial charge in [0.15, 0.2) is 5.78 Å². The summed E-state index contributed by atoms with van der Waals surface area (Å²) in [6, 6.07) is 0. The van der Waals surface area contributed by atoms with E-state index in [1.807, 2.05) is 0 Å². The molecule has 0 spiro atoms. The van der Waals surface area contributed by atoms with E-state index in [1.165, 1.54) is 6.92 Å².